The van der Waals surface area contributed by atoms with E-state index in [2.05, 4.69) is 46.6 Å². The van der Waals surface area contributed by atoms with Gasteiger partial charge in [-0.05, 0) is 30.6 Å². The van der Waals surface area contributed by atoms with Crippen molar-refractivity contribution in [2.45, 2.75) is 53.0 Å². The molecule has 1 atom stereocenters. The normalized spacial score (nSPS) is 19.3. The number of fused-ring (bicyclic) bond motifs is 2. The topological polar surface area (TPSA) is 82.7 Å². The molecule has 1 aliphatic heterocycles. The molecular weight excluding hydrogens is 370 g/mol. The first-order valence-corrected chi connectivity index (χ1v) is 9.80. The Morgan fingerprint density at radius 2 is 2.12 bits per heavy atom. The number of anilines is 1. The van der Waals surface area contributed by atoms with E-state index in [9.17, 15) is 4.79 Å². The molecule has 26 heavy (non-hydrogen) atoms. The summed E-state index contributed by atoms with van der Waals surface area (Å²) in [4.78, 5) is 18.6. The van der Waals surface area contributed by atoms with Crippen LogP contribution in [-0.4, -0.2) is 27.6 Å². The number of hydrogen-bond donors (Lipinski definition) is 3. The molecule has 0 saturated heterocycles. The van der Waals surface area contributed by atoms with Gasteiger partial charge in [-0.2, -0.15) is 5.10 Å². The van der Waals surface area contributed by atoms with Crippen LogP contribution in [0.25, 0.3) is 0 Å². The summed E-state index contributed by atoms with van der Waals surface area (Å²) in [6.07, 6.45) is 4.13. The maximum atomic E-state index is 12.6. The number of aromatic amines is 1. The fourth-order valence-corrected chi connectivity index (χ4v) is 4.82. The number of nitrogens with zero attached hydrogens (tertiary/aromatic N) is 2. The smallest absolute Gasteiger partial charge is 0.278 e. The van der Waals surface area contributed by atoms with Crippen molar-refractivity contribution in [3.63, 3.8) is 0 Å². The van der Waals surface area contributed by atoms with Crippen LogP contribution in [0.5, 0.6) is 0 Å². The minimum Gasteiger partial charge on any atom is -0.312 e. The maximum Gasteiger partial charge on any atom is 0.278 e. The third-order valence-corrected chi connectivity index (χ3v) is 6.44. The van der Waals surface area contributed by atoms with Crippen LogP contribution in [0.3, 0.4) is 0 Å². The first-order chi connectivity index (χ1) is 11.9. The van der Waals surface area contributed by atoms with E-state index in [1.807, 2.05) is 0 Å². The Hall–Kier alpha value is -1.44. The second kappa shape index (κ2) is 7.29. The molecule has 0 saturated carbocycles. The summed E-state index contributed by atoms with van der Waals surface area (Å²) in [6.45, 7) is 8.53. The predicted molar refractivity (Wildman–Crippen MR) is 106 cm³/mol. The molecule has 0 radical (unpaired) electrons. The maximum absolute atomic E-state index is 12.6. The van der Waals surface area contributed by atoms with Crippen LogP contribution in [0, 0.1) is 11.3 Å². The summed E-state index contributed by atoms with van der Waals surface area (Å²) in [7, 11) is 0. The fraction of sp³-hybridized carbons (Fsp3) is 0.611. The number of aryl methyl sites for hydroxylation is 1. The zero-order valence-corrected chi connectivity index (χ0v) is 17.1. The summed E-state index contributed by atoms with van der Waals surface area (Å²) >= 11 is 1.62. The molecule has 8 heteroatoms. The predicted octanol–water partition coefficient (Wildman–Crippen LogP) is 3.34. The Labute approximate surface area is 164 Å². The van der Waals surface area contributed by atoms with E-state index in [1.54, 1.807) is 11.3 Å². The SMILES string of the molecule is CC(C)(C)C1CCc2nc(NC(=O)c3n[nH]c4c3CNCC4)sc2C1.Cl. The Morgan fingerprint density at radius 3 is 2.88 bits per heavy atom. The second-order valence-electron chi connectivity index (χ2n) is 8.10. The van der Waals surface area contributed by atoms with Crippen molar-refractivity contribution in [2.24, 2.45) is 11.3 Å². The molecule has 6 nitrogen and oxygen atoms in total. The highest BCUT2D eigenvalue weighted by atomic mass is 35.5. The minimum absolute atomic E-state index is 0. The van der Waals surface area contributed by atoms with Gasteiger partial charge in [0.25, 0.3) is 5.91 Å². The summed E-state index contributed by atoms with van der Waals surface area (Å²) < 4.78 is 0. The molecule has 1 amide bonds. The van der Waals surface area contributed by atoms with Gasteiger partial charge in [0.15, 0.2) is 10.8 Å². The lowest BCUT2D eigenvalue weighted by Gasteiger charge is -2.33. The molecule has 142 valence electrons. The molecule has 0 spiro atoms. The summed E-state index contributed by atoms with van der Waals surface area (Å²) in [6, 6.07) is 0. The molecule has 2 aromatic heterocycles. The molecule has 0 aromatic carbocycles. The van der Waals surface area contributed by atoms with Crippen molar-refractivity contribution in [1.29, 1.82) is 0 Å². The van der Waals surface area contributed by atoms with Crippen LogP contribution in [0.2, 0.25) is 0 Å². The number of aromatic nitrogens is 3. The van der Waals surface area contributed by atoms with Crippen LogP contribution in [0.4, 0.5) is 5.13 Å². The van der Waals surface area contributed by atoms with Crippen molar-refractivity contribution in [1.82, 2.24) is 20.5 Å². The van der Waals surface area contributed by atoms with Crippen molar-refractivity contribution in [3.05, 3.63) is 27.5 Å². The van der Waals surface area contributed by atoms with Gasteiger partial charge in [-0.25, -0.2) is 4.98 Å². The Balaban J connectivity index is 0.00000196. The number of carbonyl (C=O) groups is 1. The average Bonchev–Trinajstić information content (AvgIpc) is 3.16. The van der Waals surface area contributed by atoms with Crippen LogP contribution < -0.4 is 10.6 Å². The highest BCUT2D eigenvalue weighted by molar-refractivity contribution is 7.15. The number of rotatable bonds is 2. The van der Waals surface area contributed by atoms with E-state index in [-0.39, 0.29) is 18.3 Å². The van der Waals surface area contributed by atoms with Gasteiger partial charge >= 0.3 is 0 Å². The number of hydrogen-bond acceptors (Lipinski definition) is 5. The van der Waals surface area contributed by atoms with E-state index in [0.717, 1.165) is 42.8 Å². The molecule has 0 bridgehead atoms. The van der Waals surface area contributed by atoms with Gasteiger partial charge in [0, 0.05) is 35.6 Å². The molecule has 2 aliphatic rings. The number of H-pyrrole nitrogens is 1. The minimum atomic E-state index is -0.167. The summed E-state index contributed by atoms with van der Waals surface area (Å²) in [5.41, 5.74) is 4.01. The number of carbonyl (C=O) groups excluding carboxylic acids is 1. The van der Waals surface area contributed by atoms with Crippen molar-refractivity contribution < 1.29 is 4.79 Å². The van der Waals surface area contributed by atoms with E-state index in [1.165, 1.54) is 11.3 Å². The summed E-state index contributed by atoms with van der Waals surface area (Å²) in [5.74, 6) is 0.508. The number of amides is 1. The van der Waals surface area contributed by atoms with E-state index in [4.69, 9.17) is 0 Å². The largest absolute Gasteiger partial charge is 0.312 e. The van der Waals surface area contributed by atoms with Crippen LogP contribution in [0.15, 0.2) is 0 Å². The molecule has 1 aliphatic carbocycles. The van der Waals surface area contributed by atoms with Gasteiger partial charge in [0.1, 0.15) is 0 Å². The molecule has 4 rings (SSSR count). The van der Waals surface area contributed by atoms with Crippen molar-refractivity contribution >= 4 is 34.8 Å². The van der Waals surface area contributed by atoms with Gasteiger partial charge in [-0.1, -0.05) is 20.8 Å². The Kier molecular flexibility index (Phi) is 5.42. The first kappa shape index (κ1) is 19.3. The van der Waals surface area contributed by atoms with Gasteiger partial charge in [0.2, 0.25) is 0 Å². The zero-order chi connectivity index (χ0) is 17.6. The van der Waals surface area contributed by atoms with Gasteiger partial charge in [-0.15, -0.1) is 23.7 Å². The zero-order valence-electron chi connectivity index (χ0n) is 15.4. The van der Waals surface area contributed by atoms with Crippen LogP contribution in [-0.2, 0) is 25.8 Å². The van der Waals surface area contributed by atoms with Crippen molar-refractivity contribution in [2.75, 3.05) is 11.9 Å². The van der Waals surface area contributed by atoms with Crippen LogP contribution >= 0.6 is 23.7 Å². The van der Waals surface area contributed by atoms with E-state index < -0.39 is 0 Å². The average molecular weight is 396 g/mol. The second-order valence-corrected chi connectivity index (χ2v) is 9.19. The standard InChI is InChI=1S/C18H25N5OS.ClH/c1-18(2,3)10-4-5-13-14(8-10)25-17(20-13)21-16(24)15-11-9-19-7-6-12(11)22-23-15;/h10,19H,4-9H2,1-3H3,(H,22,23)(H,20,21,24);1H. The van der Waals surface area contributed by atoms with E-state index >= 15 is 0 Å². The molecule has 1 unspecified atom stereocenters. The molecule has 2 aromatic rings. The highest BCUT2D eigenvalue weighted by Crippen LogP contribution is 2.40. The molecule has 0 fully saturated rings. The lowest BCUT2D eigenvalue weighted by molar-refractivity contribution is 0.102. The Morgan fingerprint density at radius 1 is 1.31 bits per heavy atom. The quantitative estimate of drug-likeness (QED) is 0.728. The van der Waals surface area contributed by atoms with Crippen LogP contribution in [0.1, 0.15) is 59.5 Å². The fourth-order valence-electron chi connectivity index (χ4n) is 3.74. The van der Waals surface area contributed by atoms with Gasteiger partial charge in [0.05, 0.1) is 5.69 Å². The van der Waals surface area contributed by atoms with Gasteiger partial charge in [-0.3, -0.25) is 15.2 Å². The lowest BCUT2D eigenvalue weighted by Crippen LogP contribution is -2.26. The summed E-state index contributed by atoms with van der Waals surface area (Å²) in [5, 5.41) is 14.2. The van der Waals surface area contributed by atoms with Crippen molar-refractivity contribution in [3.8, 4) is 0 Å². The molecular formula is C18H26ClN5OS. The highest BCUT2D eigenvalue weighted by Gasteiger charge is 2.31. The number of thiazole rings is 1. The van der Waals surface area contributed by atoms with E-state index in [0.29, 0.717) is 28.7 Å². The number of nitrogens with one attached hydrogen (secondary N) is 3. The Bertz CT molecular complexity index is 807. The van der Waals surface area contributed by atoms with Gasteiger partial charge < -0.3 is 5.32 Å². The third-order valence-electron chi connectivity index (χ3n) is 5.41. The molecule has 3 N–H and O–H groups in total. The lowest BCUT2D eigenvalue weighted by atomic mass is 9.73. The third kappa shape index (κ3) is 3.66. The molecule has 3 heterocycles. The number of halogens is 1. The monoisotopic (exact) mass is 395 g/mol. The first-order valence-electron chi connectivity index (χ1n) is 8.98.